The zero-order valence-corrected chi connectivity index (χ0v) is 16.4. The fraction of sp³-hybridized carbons (Fsp3) is 0.611. The monoisotopic (exact) mass is 372 g/mol. The Hall–Kier alpha value is -2.55. The molecule has 0 radical (unpaired) electrons. The summed E-state index contributed by atoms with van der Waals surface area (Å²) >= 11 is 0. The molecule has 4 N–H and O–H groups in total. The van der Waals surface area contributed by atoms with Crippen LogP contribution in [0, 0.1) is 5.92 Å². The SMILES string of the molecule is CC(C)c1cc(C(=O)N[C@@H](c2nnc3n2CCNCC3)C(C)C)nc(N)n1. The number of nitrogens with two attached hydrogens (primary N) is 1. The van der Waals surface area contributed by atoms with E-state index in [1.807, 2.05) is 13.8 Å². The van der Waals surface area contributed by atoms with Gasteiger partial charge in [-0.3, -0.25) is 4.79 Å². The summed E-state index contributed by atoms with van der Waals surface area (Å²) in [6.45, 7) is 10.6. The van der Waals surface area contributed by atoms with Crippen molar-refractivity contribution in [2.24, 2.45) is 5.92 Å². The predicted molar refractivity (Wildman–Crippen MR) is 102 cm³/mol. The van der Waals surface area contributed by atoms with Crippen molar-refractivity contribution in [3.05, 3.63) is 29.1 Å². The van der Waals surface area contributed by atoms with Gasteiger partial charge in [-0.15, -0.1) is 10.2 Å². The van der Waals surface area contributed by atoms with Crippen LogP contribution in [0.3, 0.4) is 0 Å². The van der Waals surface area contributed by atoms with E-state index in [1.54, 1.807) is 6.07 Å². The number of nitrogens with zero attached hydrogens (tertiary/aromatic N) is 5. The molecule has 0 aliphatic carbocycles. The van der Waals surface area contributed by atoms with E-state index >= 15 is 0 Å². The molecule has 3 rings (SSSR count). The lowest BCUT2D eigenvalue weighted by Gasteiger charge is -2.22. The Morgan fingerprint density at radius 1 is 1.22 bits per heavy atom. The number of rotatable bonds is 5. The predicted octanol–water partition coefficient (Wildman–Crippen LogP) is 1.05. The molecule has 0 spiro atoms. The Labute approximate surface area is 159 Å². The number of nitrogens with one attached hydrogen (secondary N) is 2. The van der Waals surface area contributed by atoms with Crippen LogP contribution in [0.1, 0.15) is 67.5 Å². The largest absolute Gasteiger partial charge is 0.368 e. The maximum absolute atomic E-state index is 12.9. The quantitative estimate of drug-likeness (QED) is 0.716. The van der Waals surface area contributed by atoms with E-state index in [-0.39, 0.29) is 35.4 Å². The molecule has 1 amide bonds. The number of anilines is 1. The Balaban J connectivity index is 1.88. The Morgan fingerprint density at radius 2 is 2.00 bits per heavy atom. The van der Waals surface area contributed by atoms with Crippen LogP contribution in [0.5, 0.6) is 0 Å². The van der Waals surface area contributed by atoms with Gasteiger partial charge in [-0.25, -0.2) is 9.97 Å². The Kier molecular flexibility index (Phi) is 5.69. The highest BCUT2D eigenvalue weighted by Gasteiger charge is 2.27. The summed E-state index contributed by atoms with van der Waals surface area (Å²) in [6.07, 6.45) is 0.825. The van der Waals surface area contributed by atoms with E-state index in [1.165, 1.54) is 0 Å². The first-order chi connectivity index (χ1) is 12.9. The normalized spacial score (nSPS) is 15.5. The smallest absolute Gasteiger partial charge is 0.270 e. The third-order valence-electron chi connectivity index (χ3n) is 4.71. The number of carbonyl (C=O) groups excluding carboxylic acids is 1. The summed E-state index contributed by atoms with van der Waals surface area (Å²) in [5, 5.41) is 15.1. The lowest BCUT2D eigenvalue weighted by Crippen LogP contribution is -2.35. The first-order valence-electron chi connectivity index (χ1n) is 9.44. The van der Waals surface area contributed by atoms with Crippen molar-refractivity contribution in [1.29, 1.82) is 0 Å². The second-order valence-electron chi connectivity index (χ2n) is 7.51. The average molecular weight is 372 g/mol. The molecule has 146 valence electrons. The van der Waals surface area contributed by atoms with E-state index in [2.05, 4.69) is 49.2 Å². The molecule has 1 atom stereocenters. The van der Waals surface area contributed by atoms with Crippen molar-refractivity contribution < 1.29 is 4.79 Å². The first-order valence-corrected chi connectivity index (χ1v) is 9.44. The van der Waals surface area contributed by atoms with E-state index in [4.69, 9.17) is 5.73 Å². The Morgan fingerprint density at radius 3 is 2.70 bits per heavy atom. The maximum Gasteiger partial charge on any atom is 0.270 e. The molecule has 9 heteroatoms. The molecule has 27 heavy (non-hydrogen) atoms. The summed E-state index contributed by atoms with van der Waals surface area (Å²) in [4.78, 5) is 21.2. The average Bonchev–Trinajstić information content (AvgIpc) is 2.86. The molecular formula is C18H28N8O. The molecule has 0 aromatic carbocycles. The highest BCUT2D eigenvalue weighted by atomic mass is 16.2. The summed E-state index contributed by atoms with van der Waals surface area (Å²) in [7, 11) is 0. The zero-order chi connectivity index (χ0) is 19.6. The summed E-state index contributed by atoms with van der Waals surface area (Å²) in [6, 6.07) is 1.43. The number of amides is 1. The van der Waals surface area contributed by atoms with Crippen LogP contribution < -0.4 is 16.4 Å². The standard InChI is InChI=1S/C18H28N8O/c1-10(2)12-9-13(22-18(19)21-12)17(27)23-15(11(3)4)16-25-24-14-5-6-20-7-8-26(14)16/h9-11,15,20H,5-8H2,1-4H3,(H,23,27)(H2,19,21,22)/t15-/m1/s1. The van der Waals surface area contributed by atoms with Gasteiger partial charge < -0.3 is 20.9 Å². The van der Waals surface area contributed by atoms with Crippen LogP contribution in [-0.4, -0.2) is 43.7 Å². The fourth-order valence-corrected chi connectivity index (χ4v) is 3.17. The summed E-state index contributed by atoms with van der Waals surface area (Å²) < 4.78 is 2.11. The molecule has 2 aromatic rings. The maximum atomic E-state index is 12.9. The van der Waals surface area contributed by atoms with Crippen LogP contribution in [0.4, 0.5) is 5.95 Å². The Bertz CT molecular complexity index is 814. The van der Waals surface area contributed by atoms with Crippen LogP contribution in [-0.2, 0) is 13.0 Å². The first kappa shape index (κ1) is 19.2. The molecular weight excluding hydrogens is 344 g/mol. The number of hydrogen-bond acceptors (Lipinski definition) is 7. The second-order valence-corrected chi connectivity index (χ2v) is 7.51. The zero-order valence-electron chi connectivity index (χ0n) is 16.4. The number of aromatic nitrogens is 5. The van der Waals surface area contributed by atoms with Gasteiger partial charge in [0.25, 0.3) is 5.91 Å². The highest BCUT2D eigenvalue weighted by molar-refractivity contribution is 5.92. The third-order valence-corrected chi connectivity index (χ3v) is 4.71. The number of nitrogen functional groups attached to an aromatic ring is 1. The van der Waals surface area contributed by atoms with Crippen molar-refractivity contribution in [3.63, 3.8) is 0 Å². The van der Waals surface area contributed by atoms with Gasteiger partial charge in [-0.1, -0.05) is 27.7 Å². The minimum Gasteiger partial charge on any atom is -0.368 e. The number of hydrogen-bond donors (Lipinski definition) is 3. The topological polar surface area (TPSA) is 124 Å². The molecule has 0 saturated carbocycles. The summed E-state index contributed by atoms with van der Waals surface area (Å²) in [5.41, 5.74) is 6.81. The fourth-order valence-electron chi connectivity index (χ4n) is 3.17. The van der Waals surface area contributed by atoms with Crippen molar-refractivity contribution in [2.75, 3.05) is 18.8 Å². The molecule has 0 unspecified atom stereocenters. The van der Waals surface area contributed by atoms with Crippen LogP contribution in [0.2, 0.25) is 0 Å². The van der Waals surface area contributed by atoms with Gasteiger partial charge >= 0.3 is 0 Å². The highest BCUT2D eigenvalue weighted by Crippen LogP contribution is 2.23. The molecule has 1 aliphatic heterocycles. The minimum absolute atomic E-state index is 0.106. The van der Waals surface area contributed by atoms with Gasteiger partial charge in [-0.2, -0.15) is 0 Å². The van der Waals surface area contributed by atoms with Crippen LogP contribution in [0.25, 0.3) is 0 Å². The molecule has 3 heterocycles. The van der Waals surface area contributed by atoms with Crippen molar-refractivity contribution in [1.82, 2.24) is 35.4 Å². The van der Waals surface area contributed by atoms with E-state index in [0.717, 1.165) is 43.4 Å². The summed E-state index contributed by atoms with van der Waals surface area (Å²) in [5.74, 6) is 1.85. The van der Waals surface area contributed by atoms with Gasteiger partial charge in [0.2, 0.25) is 5.95 Å². The van der Waals surface area contributed by atoms with Gasteiger partial charge in [0.15, 0.2) is 5.82 Å². The van der Waals surface area contributed by atoms with Crippen LogP contribution >= 0.6 is 0 Å². The van der Waals surface area contributed by atoms with Crippen LogP contribution in [0.15, 0.2) is 6.07 Å². The number of fused-ring (bicyclic) bond motifs is 1. The molecule has 9 nitrogen and oxygen atoms in total. The lowest BCUT2D eigenvalue weighted by atomic mass is 10.0. The number of carbonyl (C=O) groups is 1. The third kappa shape index (κ3) is 4.24. The molecule has 0 bridgehead atoms. The molecule has 1 aliphatic rings. The van der Waals surface area contributed by atoms with E-state index in [0.29, 0.717) is 0 Å². The van der Waals surface area contributed by atoms with E-state index < -0.39 is 0 Å². The van der Waals surface area contributed by atoms with E-state index in [9.17, 15) is 4.79 Å². The second kappa shape index (κ2) is 7.99. The molecule has 0 fully saturated rings. The van der Waals surface area contributed by atoms with Gasteiger partial charge in [0.1, 0.15) is 11.5 Å². The molecule has 0 saturated heterocycles. The van der Waals surface area contributed by atoms with Gasteiger partial charge in [0.05, 0.1) is 6.04 Å². The lowest BCUT2D eigenvalue weighted by molar-refractivity contribution is 0.0916. The minimum atomic E-state index is -0.284. The van der Waals surface area contributed by atoms with Gasteiger partial charge in [-0.05, 0) is 17.9 Å². The van der Waals surface area contributed by atoms with Crippen molar-refractivity contribution in [2.45, 2.75) is 52.6 Å². The van der Waals surface area contributed by atoms with Crippen molar-refractivity contribution >= 4 is 11.9 Å². The molecule has 2 aromatic heterocycles. The van der Waals surface area contributed by atoms with Crippen molar-refractivity contribution in [3.8, 4) is 0 Å². The van der Waals surface area contributed by atoms with Gasteiger partial charge in [0, 0.05) is 31.7 Å².